The molecule has 1 N–H and O–H groups in total. The molecule has 132 valence electrons. The van der Waals surface area contributed by atoms with E-state index in [1.54, 1.807) is 0 Å². The summed E-state index contributed by atoms with van der Waals surface area (Å²) in [6.45, 7) is 3.03. The molecule has 1 aliphatic rings. The first kappa shape index (κ1) is 18.4. The fourth-order valence-electron chi connectivity index (χ4n) is 2.81. The van der Waals surface area contributed by atoms with E-state index < -0.39 is 12.5 Å². The lowest BCUT2D eigenvalue weighted by molar-refractivity contribution is -0.134. The van der Waals surface area contributed by atoms with Crippen LogP contribution in [-0.2, 0) is 11.3 Å². The Morgan fingerprint density at radius 1 is 1.29 bits per heavy atom. The molecule has 0 unspecified atom stereocenters. The molecular formula is C17H25N3O4. The van der Waals surface area contributed by atoms with Crippen LogP contribution in [0.4, 0.5) is 0 Å². The van der Waals surface area contributed by atoms with E-state index in [1.165, 1.54) is 24.8 Å². The van der Waals surface area contributed by atoms with Gasteiger partial charge in [-0.05, 0) is 43.6 Å². The van der Waals surface area contributed by atoms with Gasteiger partial charge in [0.2, 0.25) is 0 Å². The van der Waals surface area contributed by atoms with Crippen LogP contribution in [0.25, 0.3) is 0 Å². The summed E-state index contributed by atoms with van der Waals surface area (Å²) in [5.74, 6) is 0.0807. The van der Waals surface area contributed by atoms with Crippen molar-refractivity contribution in [1.29, 1.82) is 0 Å². The molecule has 24 heavy (non-hydrogen) atoms. The minimum absolute atomic E-state index is 0.135. The predicted molar refractivity (Wildman–Crippen MR) is 90.3 cm³/mol. The molecule has 0 bridgehead atoms. The van der Waals surface area contributed by atoms with Crippen LogP contribution in [-0.4, -0.2) is 53.8 Å². The second-order valence-corrected chi connectivity index (χ2v) is 5.94. The van der Waals surface area contributed by atoms with E-state index in [0.717, 1.165) is 30.4 Å². The first-order valence-corrected chi connectivity index (χ1v) is 8.41. The molecule has 7 nitrogen and oxygen atoms in total. The number of benzene rings is 1. The van der Waals surface area contributed by atoms with Gasteiger partial charge in [0, 0.05) is 13.0 Å². The highest BCUT2D eigenvalue weighted by Gasteiger charge is 2.12. The summed E-state index contributed by atoms with van der Waals surface area (Å²) in [5.41, 5.74) is 1.22. The standard InChI is InChI=1S/C17H25N3O4/c21-14-17(22)20(18-23)10-5-11-24-16-7-4-6-15(12-16)13-19-8-2-1-3-9-19/h4,6-7,12,21H,1-3,5,8-11,13-14H2. The molecule has 0 aliphatic carbocycles. The summed E-state index contributed by atoms with van der Waals surface area (Å²) in [5, 5.41) is 12.0. The average Bonchev–Trinajstić information content (AvgIpc) is 2.62. The van der Waals surface area contributed by atoms with Crippen LogP contribution in [0.3, 0.4) is 0 Å². The van der Waals surface area contributed by atoms with Crippen LogP contribution in [0.2, 0.25) is 0 Å². The van der Waals surface area contributed by atoms with Crippen LogP contribution in [0.1, 0.15) is 31.2 Å². The molecule has 1 aliphatic heterocycles. The highest BCUT2D eigenvalue weighted by Crippen LogP contribution is 2.17. The van der Waals surface area contributed by atoms with E-state index in [-0.39, 0.29) is 6.54 Å². The van der Waals surface area contributed by atoms with Gasteiger partial charge in [0.15, 0.2) is 0 Å². The van der Waals surface area contributed by atoms with Crippen LogP contribution in [0.5, 0.6) is 5.75 Å². The van der Waals surface area contributed by atoms with Crippen molar-refractivity contribution in [2.24, 2.45) is 5.29 Å². The van der Waals surface area contributed by atoms with Crippen molar-refractivity contribution in [2.45, 2.75) is 32.2 Å². The first-order valence-electron chi connectivity index (χ1n) is 8.41. The number of nitrogens with zero attached hydrogens (tertiary/aromatic N) is 3. The van der Waals surface area contributed by atoms with Crippen molar-refractivity contribution in [2.75, 3.05) is 32.8 Å². The van der Waals surface area contributed by atoms with Gasteiger partial charge in [-0.2, -0.15) is 5.01 Å². The summed E-state index contributed by atoms with van der Waals surface area (Å²) in [6.07, 6.45) is 4.33. The summed E-state index contributed by atoms with van der Waals surface area (Å²) in [4.78, 5) is 24.1. The third-order valence-corrected chi connectivity index (χ3v) is 4.06. The molecule has 1 aromatic rings. The Bertz CT molecular complexity index is 532. The number of aliphatic hydroxyl groups is 1. The molecule has 1 saturated heterocycles. The van der Waals surface area contributed by atoms with Crippen LogP contribution in [0.15, 0.2) is 29.6 Å². The number of nitroso groups, excluding NO2 is 1. The van der Waals surface area contributed by atoms with Gasteiger partial charge in [0.05, 0.1) is 18.4 Å². The summed E-state index contributed by atoms with van der Waals surface area (Å²) >= 11 is 0. The molecule has 2 rings (SSSR count). The number of carbonyl (C=O) groups is 1. The Hall–Kier alpha value is -1.99. The van der Waals surface area contributed by atoms with Gasteiger partial charge >= 0.3 is 0 Å². The lowest BCUT2D eigenvalue weighted by Gasteiger charge is -2.26. The number of aliphatic hydroxyl groups excluding tert-OH is 1. The maximum atomic E-state index is 11.2. The number of hydrogen-bond donors (Lipinski definition) is 1. The summed E-state index contributed by atoms with van der Waals surface area (Å²) in [6, 6.07) is 8.00. The van der Waals surface area contributed by atoms with Crippen molar-refractivity contribution in [1.82, 2.24) is 9.91 Å². The topological polar surface area (TPSA) is 82.4 Å². The number of piperidine rings is 1. The zero-order valence-corrected chi connectivity index (χ0v) is 13.9. The number of ether oxygens (including phenoxy) is 1. The van der Waals surface area contributed by atoms with Crippen LogP contribution < -0.4 is 4.74 Å². The van der Waals surface area contributed by atoms with Crippen LogP contribution >= 0.6 is 0 Å². The van der Waals surface area contributed by atoms with E-state index in [2.05, 4.69) is 16.3 Å². The number of likely N-dealkylation sites (tertiary alicyclic amines) is 1. The third-order valence-electron chi connectivity index (χ3n) is 4.06. The molecular weight excluding hydrogens is 310 g/mol. The largest absolute Gasteiger partial charge is 0.494 e. The van der Waals surface area contributed by atoms with Gasteiger partial charge < -0.3 is 9.84 Å². The quantitative estimate of drug-likeness (QED) is 0.424. The molecule has 1 aromatic carbocycles. The average molecular weight is 335 g/mol. The molecule has 0 radical (unpaired) electrons. The Morgan fingerprint density at radius 3 is 2.79 bits per heavy atom. The fraction of sp³-hybridized carbons (Fsp3) is 0.588. The molecule has 0 aromatic heterocycles. The summed E-state index contributed by atoms with van der Waals surface area (Å²) < 4.78 is 5.68. The lowest BCUT2D eigenvalue weighted by atomic mass is 10.1. The molecule has 7 heteroatoms. The zero-order chi connectivity index (χ0) is 17.2. The van der Waals surface area contributed by atoms with Gasteiger partial charge in [-0.1, -0.05) is 18.6 Å². The summed E-state index contributed by atoms with van der Waals surface area (Å²) in [7, 11) is 0. The zero-order valence-electron chi connectivity index (χ0n) is 13.9. The van der Waals surface area contributed by atoms with E-state index in [9.17, 15) is 9.70 Å². The van der Waals surface area contributed by atoms with Gasteiger partial charge in [-0.25, -0.2) is 0 Å². The second kappa shape index (κ2) is 10.00. The van der Waals surface area contributed by atoms with Gasteiger partial charge in [-0.3, -0.25) is 9.69 Å². The van der Waals surface area contributed by atoms with Crippen molar-refractivity contribution in [3.8, 4) is 5.75 Å². The minimum Gasteiger partial charge on any atom is -0.494 e. The minimum atomic E-state index is -0.717. The molecule has 0 atom stereocenters. The molecule has 1 amide bonds. The Balaban J connectivity index is 1.75. The van der Waals surface area contributed by atoms with Crippen molar-refractivity contribution in [3.63, 3.8) is 0 Å². The van der Waals surface area contributed by atoms with Crippen molar-refractivity contribution in [3.05, 3.63) is 34.7 Å². The van der Waals surface area contributed by atoms with E-state index in [1.807, 2.05) is 18.2 Å². The van der Waals surface area contributed by atoms with Gasteiger partial charge in [0.25, 0.3) is 5.91 Å². The SMILES string of the molecule is O=NN(CCCOc1cccc(CN2CCCCC2)c1)C(=O)CO. The van der Waals surface area contributed by atoms with Crippen LogP contribution in [0, 0.1) is 4.91 Å². The van der Waals surface area contributed by atoms with E-state index in [0.29, 0.717) is 13.0 Å². The maximum Gasteiger partial charge on any atom is 0.270 e. The first-order chi connectivity index (χ1) is 11.7. The number of hydrogen-bond acceptors (Lipinski definition) is 6. The monoisotopic (exact) mass is 335 g/mol. The Kier molecular flexibility index (Phi) is 7.64. The smallest absolute Gasteiger partial charge is 0.270 e. The maximum absolute atomic E-state index is 11.2. The normalized spacial score (nSPS) is 15.0. The number of carbonyl (C=O) groups excluding carboxylic acids is 1. The van der Waals surface area contributed by atoms with Crippen molar-refractivity contribution < 1.29 is 14.6 Å². The molecule has 0 spiro atoms. The third kappa shape index (κ3) is 5.90. The molecule has 1 fully saturated rings. The highest BCUT2D eigenvalue weighted by molar-refractivity contribution is 5.76. The van der Waals surface area contributed by atoms with E-state index in [4.69, 9.17) is 9.84 Å². The van der Waals surface area contributed by atoms with Gasteiger partial charge in [-0.15, -0.1) is 4.91 Å². The van der Waals surface area contributed by atoms with Crippen molar-refractivity contribution >= 4 is 5.91 Å². The lowest BCUT2D eigenvalue weighted by Crippen LogP contribution is -2.29. The Labute approximate surface area is 142 Å². The number of rotatable bonds is 9. The van der Waals surface area contributed by atoms with Gasteiger partial charge in [0.1, 0.15) is 12.4 Å². The fourth-order valence-corrected chi connectivity index (χ4v) is 2.81. The molecule has 0 saturated carbocycles. The molecule has 1 heterocycles. The highest BCUT2D eigenvalue weighted by atomic mass is 16.5. The second-order valence-electron chi connectivity index (χ2n) is 5.94. The Morgan fingerprint density at radius 2 is 2.08 bits per heavy atom. The number of amides is 1. The predicted octanol–water partition coefficient (Wildman–Crippen LogP) is 1.94. The van der Waals surface area contributed by atoms with E-state index >= 15 is 0 Å².